The summed E-state index contributed by atoms with van der Waals surface area (Å²) < 4.78 is 0. The SMILES string of the molecule is CCN=C(N(C)C)N1CCN(Cc2ccc(Cl)cc2)C(=O)C1.I. The molecule has 2 rings (SSSR count). The van der Waals surface area contributed by atoms with Crippen molar-refractivity contribution >= 4 is 47.4 Å². The summed E-state index contributed by atoms with van der Waals surface area (Å²) in [7, 11) is 3.91. The van der Waals surface area contributed by atoms with E-state index in [0.717, 1.165) is 18.1 Å². The van der Waals surface area contributed by atoms with Crippen molar-refractivity contribution in [3.8, 4) is 0 Å². The van der Waals surface area contributed by atoms with Crippen LogP contribution in [0.25, 0.3) is 0 Å². The van der Waals surface area contributed by atoms with Crippen LogP contribution >= 0.6 is 35.6 Å². The Morgan fingerprint density at radius 3 is 2.43 bits per heavy atom. The molecule has 1 aliphatic heterocycles. The van der Waals surface area contributed by atoms with Gasteiger partial charge in [0.15, 0.2) is 5.96 Å². The Kier molecular flexibility index (Phi) is 8.11. The van der Waals surface area contributed by atoms with E-state index in [1.807, 2.05) is 60.0 Å². The first-order valence-corrected chi connectivity index (χ1v) is 7.88. The summed E-state index contributed by atoms with van der Waals surface area (Å²) in [4.78, 5) is 22.8. The lowest BCUT2D eigenvalue weighted by Crippen LogP contribution is -2.54. The number of benzene rings is 1. The van der Waals surface area contributed by atoms with Gasteiger partial charge < -0.3 is 14.7 Å². The fourth-order valence-corrected chi connectivity index (χ4v) is 2.65. The normalized spacial score (nSPS) is 15.5. The number of hydrogen-bond donors (Lipinski definition) is 0. The van der Waals surface area contributed by atoms with Crippen molar-refractivity contribution in [2.45, 2.75) is 13.5 Å². The first kappa shape index (κ1) is 20.0. The van der Waals surface area contributed by atoms with Crippen molar-refractivity contribution in [3.05, 3.63) is 34.9 Å². The van der Waals surface area contributed by atoms with Crippen molar-refractivity contribution < 1.29 is 4.79 Å². The summed E-state index contributed by atoms with van der Waals surface area (Å²) in [6.07, 6.45) is 0. The van der Waals surface area contributed by atoms with Crippen LogP contribution in [-0.2, 0) is 11.3 Å². The molecule has 1 amide bonds. The van der Waals surface area contributed by atoms with E-state index in [-0.39, 0.29) is 29.9 Å². The minimum atomic E-state index is 0. The van der Waals surface area contributed by atoms with Gasteiger partial charge in [0.1, 0.15) is 0 Å². The zero-order valence-corrected chi connectivity index (χ0v) is 16.9. The predicted molar refractivity (Wildman–Crippen MR) is 106 cm³/mol. The van der Waals surface area contributed by atoms with Crippen molar-refractivity contribution in [1.82, 2.24) is 14.7 Å². The molecule has 1 aromatic rings. The lowest BCUT2D eigenvalue weighted by molar-refractivity contribution is -0.135. The van der Waals surface area contributed by atoms with Crippen LogP contribution in [0, 0.1) is 0 Å². The van der Waals surface area contributed by atoms with Gasteiger partial charge in [-0.05, 0) is 24.6 Å². The van der Waals surface area contributed by atoms with Crippen molar-refractivity contribution in [3.63, 3.8) is 0 Å². The number of aliphatic imine (C=N–C) groups is 1. The van der Waals surface area contributed by atoms with Gasteiger partial charge >= 0.3 is 0 Å². The number of hydrogen-bond acceptors (Lipinski definition) is 2. The van der Waals surface area contributed by atoms with Crippen LogP contribution < -0.4 is 0 Å². The summed E-state index contributed by atoms with van der Waals surface area (Å²) in [6.45, 7) is 5.24. The number of rotatable bonds is 3. The highest BCUT2D eigenvalue weighted by Crippen LogP contribution is 2.14. The molecular formula is C16H24ClIN4O. The van der Waals surface area contributed by atoms with Crippen molar-refractivity contribution in [1.29, 1.82) is 0 Å². The summed E-state index contributed by atoms with van der Waals surface area (Å²) in [5.41, 5.74) is 1.10. The number of carbonyl (C=O) groups excluding carboxylic acids is 1. The molecule has 7 heteroatoms. The molecule has 128 valence electrons. The third kappa shape index (κ3) is 5.53. The quantitative estimate of drug-likeness (QED) is 0.404. The third-order valence-corrected chi connectivity index (χ3v) is 3.84. The van der Waals surface area contributed by atoms with Gasteiger partial charge in [-0.25, -0.2) is 0 Å². The molecule has 1 saturated heterocycles. The lowest BCUT2D eigenvalue weighted by atomic mass is 10.2. The second-order valence-electron chi connectivity index (χ2n) is 5.53. The lowest BCUT2D eigenvalue weighted by Gasteiger charge is -2.37. The van der Waals surface area contributed by atoms with E-state index >= 15 is 0 Å². The van der Waals surface area contributed by atoms with Crippen molar-refractivity contribution in [2.24, 2.45) is 4.99 Å². The maximum absolute atomic E-state index is 12.4. The zero-order chi connectivity index (χ0) is 16.1. The van der Waals surface area contributed by atoms with E-state index in [1.54, 1.807) is 0 Å². The number of halogens is 2. The molecule has 1 fully saturated rings. The highest BCUT2D eigenvalue weighted by atomic mass is 127. The molecule has 1 aromatic carbocycles. The number of nitrogens with zero attached hydrogens (tertiary/aromatic N) is 4. The van der Waals surface area contributed by atoms with E-state index in [0.29, 0.717) is 31.2 Å². The second kappa shape index (κ2) is 9.32. The summed E-state index contributed by atoms with van der Waals surface area (Å²) in [5, 5.41) is 0.714. The van der Waals surface area contributed by atoms with Gasteiger partial charge in [0, 0.05) is 45.3 Å². The summed E-state index contributed by atoms with van der Waals surface area (Å²) in [6, 6.07) is 7.64. The minimum absolute atomic E-state index is 0. The van der Waals surface area contributed by atoms with E-state index in [9.17, 15) is 4.79 Å². The molecule has 0 radical (unpaired) electrons. The monoisotopic (exact) mass is 450 g/mol. The summed E-state index contributed by atoms with van der Waals surface area (Å²) >= 11 is 5.89. The molecule has 0 spiro atoms. The molecule has 1 aliphatic rings. The topological polar surface area (TPSA) is 39.1 Å². The van der Waals surface area contributed by atoms with Gasteiger partial charge in [0.25, 0.3) is 0 Å². The molecule has 0 atom stereocenters. The van der Waals surface area contributed by atoms with Gasteiger partial charge in [-0.3, -0.25) is 9.79 Å². The summed E-state index contributed by atoms with van der Waals surface area (Å²) in [5.74, 6) is 1.01. The Morgan fingerprint density at radius 1 is 1.26 bits per heavy atom. The van der Waals surface area contributed by atoms with Crippen LogP contribution in [0.4, 0.5) is 0 Å². The maximum atomic E-state index is 12.4. The zero-order valence-electron chi connectivity index (χ0n) is 13.8. The number of amides is 1. The highest BCUT2D eigenvalue weighted by Gasteiger charge is 2.26. The van der Waals surface area contributed by atoms with Crippen LogP contribution in [0.1, 0.15) is 12.5 Å². The first-order valence-electron chi connectivity index (χ1n) is 7.50. The van der Waals surface area contributed by atoms with E-state index in [1.165, 1.54) is 0 Å². The van der Waals surface area contributed by atoms with Gasteiger partial charge in [-0.1, -0.05) is 23.7 Å². The molecule has 0 aromatic heterocycles. The minimum Gasteiger partial charge on any atom is -0.349 e. The average molecular weight is 451 g/mol. The van der Waals surface area contributed by atoms with Crippen LogP contribution in [0.5, 0.6) is 0 Å². The van der Waals surface area contributed by atoms with Gasteiger partial charge in [-0.15, -0.1) is 24.0 Å². The van der Waals surface area contributed by atoms with E-state index in [2.05, 4.69) is 4.99 Å². The highest BCUT2D eigenvalue weighted by molar-refractivity contribution is 14.0. The van der Waals surface area contributed by atoms with Crippen LogP contribution in [0.2, 0.25) is 5.02 Å². The maximum Gasteiger partial charge on any atom is 0.242 e. The molecule has 1 heterocycles. The van der Waals surface area contributed by atoms with Gasteiger partial charge in [0.2, 0.25) is 5.91 Å². The fourth-order valence-electron chi connectivity index (χ4n) is 2.52. The van der Waals surface area contributed by atoms with Crippen LogP contribution in [0.15, 0.2) is 29.3 Å². The third-order valence-electron chi connectivity index (χ3n) is 3.59. The van der Waals surface area contributed by atoms with E-state index < -0.39 is 0 Å². The van der Waals surface area contributed by atoms with Crippen molar-refractivity contribution in [2.75, 3.05) is 40.3 Å². The second-order valence-corrected chi connectivity index (χ2v) is 5.97. The smallest absolute Gasteiger partial charge is 0.242 e. The Labute approximate surface area is 160 Å². The molecule has 5 nitrogen and oxygen atoms in total. The molecule has 23 heavy (non-hydrogen) atoms. The molecule has 0 N–H and O–H groups in total. The Hall–Kier alpha value is -1.02. The largest absolute Gasteiger partial charge is 0.349 e. The number of piperazine rings is 1. The standard InChI is InChI=1S/C16H23ClN4O.HI/c1-4-18-16(19(2)3)21-10-9-20(15(22)12-21)11-13-5-7-14(17)8-6-13;/h5-8H,4,9-12H2,1-3H3;1H. The fraction of sp³-hybridized carbons (Fsp3) is 0.500. The van der Waals surface area contributed by atoms with E-state index in [4.69, 9.17) is 11.6 Å². The Balaban J connectivity index is 0.00000264. The Morgan fingerprint density at radius 2 is 1.91 bits per heavy atom. The Bertz CT molecular complexity index is 548. The number of guanidine groups is 1. The molecular weight excluding hydrogens is 427 g/mol. The van der Waals surface area contributed by atoms with Gasteiger partial charge in [-0.2, -0.15) is 0 Å². The first-order chi connectivity index (χ1) is 10.5. The average Bonchev–Trinajstić information content (AvgIpc) is 2.49. The number of carbonyl (C=O) groups is 1. The molecule has 0 saturated carbocycles. The molecule has 0 unspecified atom stereocenters. The molecule has 0 aliphatic carbocycles. The predicted octanol–water partition coefficient (Wildman–Crippen LogP) is 2.54. The molecule has 0 bridgehead atoms. The van der Waals surface area contributed by atoms with Gasteiger partial charge in [0.05, 0.1) is 6.54 Å². The van der Waals surface area contributed by atoms with Crippen LogP contribution in [-0.4, -0.2) is 66.8 Å². The van der Waals surface area contributed by atoms with Crippen LogP contribution in [0.3, 0.4) is 0 Å².